The fraction of sp³-hybridized carbons (Fsp3) is 0.250. The molecule has 0 aliphatic heterocycles. The van der Waals surface area contributed by atoms with Crippen LogP contribution in [0.5, 0.6) is 5.75 Å². The molecule has 0 heterocycles. The summed E-state index contributed by atoms with van der Waals surface area (Å²) in [4.78, 5) is 0. The highest BCUT2D eigenvalue weighted by molar-refractivity contribution is 9.10. The van der Waals surface area contributed by atoms with E-state index in [1.54, 1.807) is 0 Å². The quantitative estimate of drug-likeness (QED) is 0.658. The van der Waals surface area contributed by atoms with Crippen molar-refractivity contribution in [3.63, 3.8) is 0 Å². The fourth-order valence-electron chi connectivity index (χ4n) is 1.98. The summed E-state index contributed by atoms with van der Waals surface area (Å²) in [6, 6.07) is 10.4. The lowest BCUT2D eigenvalue weighted by Gasteiger charge is -2.14. The highest BCUT2D eigenvalue weighted by Crippen LogP contribution is 2.30. The first kappa shape index (κ1) is 14.6. The van der Waals surface area contributed by atoms with Crippen LogP contribution in [0.25, 0.3) is 0 Å². The Bertz CT molecular complexity index is 606. The van der Waals surface area contributed by atoms with Crippen molar-refractivity contribution in [3.05, 3.63) is 61.5 Å². The molecule has 2 aromatic rings. The smallest absolute Gasteiger partial charge is 0.126 e. The lowest BCUT2D eigenvalue weighted by molar-refractivity contribution is 0.301. The van der Waals surface area contributed by atoms with Gasteiger partial charge in [0.05, 0.1) is 0 Å². The van der Waals surface area contributed by atoms with Gasteiger partial charge in [0.15, 0.2) is 0 Å². The second kappa shape index (κ2) is 6.10. The van der Waals surface area contributed by atoms with Crippen LogP contribution in [0.4, 0.5) is 0 Å². The minimum atomic E-state index is 0.590. The predicted octanol–water partition coefficient (Wildman–Crippen LogP) is 5.72. The highest BCUT2D eigenvalue weighted by Gasteiger charge is 2.07. The fourth-order valence-corrected chi connectivity index (χ4v) is 2.54. The summed E-state index contributed by atoms with van der Waals surface area (Å²) in [5.74, 6) is 0.968. The van der Waals surface area contributed by atoms with E-state index in [0.29, 0.717) is 6.61 Å². The van der Waals surface area contributed by atoms with Gasteiger partial charge < -0.3 is 4.74 Å². The van der Waals surface area contributed by atoms with Crippen molar-refractivity contribution in [2.75, 3.05) is 0 Å². The molecule has 0 radical (unpaired) electrons. The van der Waals surface area contributed by atoms with E-state index >= 15 is 0 Å². The van der Waals surface area contributed by atoms with Crippen molar-refractivity contribution in [2.24, 2.45) is 0 Å². The maximum atomic E-state index is 5.98. The van der Waals surface area contributed by atoms with Crippen LogP contribution in [0.15, 0.2) is 39.3 Å². The summed E-state index contributed by atoms with van der Waals surface area (Å²) < 4.78 is 8.20. The molecular formula is C16H16Br2O. The van der Waals surface area contributed by atoms with Gasteiger partial charge in [0.1, 0.15) is 12.4 Å². The number of hydrogen-bond acceptors (Lipinski definition) is 1. The van der Waals surface area contributed by atoms with Gasteiger partial charge in [-0.1, -0.05) is 50.1 Å². The van der Waals surface area contributed by atoms with Gasteiger partial charge in [0.2, 0.25) is 0 Å². The van der Waals surface area contributed by atoms with Gasteiger partial charge in [-0.05, 0) is 49.6 Å². The maximum Gasteiger partial charge on any atom is 0.126 e. The molecule has 0 unspecified atom stereocenters. The van der Waals surface area contributed by atoms with E-state index in [4.69, 9.17) is 4.74 Å². The first-order valence-electron chi connectivity index (χ1n) is 6.12. The van der Waals surface area contributed by atoms with Crippen LogP contribution in [-0.2, 0) is 6.61 Å². The van der Waals surface area contributed by atoms with Crippen molar-refractivity contribution in [1.82, 2.24) is 0 Å². The Kier molecular flexibility index (Phi) is 4.69. The highest BCUT2D eigenvalue weighted by atomic mass is 79.9. The molecule has 0 fully saturated rings. The van der Waals surface area contributed by atoms with E-state index in [1.165, 1.54) is 11.1 Å². The van der Waals surface area contributed by atoms with Crippen LogP contribution < -0.4 is 4.74 Å². The summed E-state index contributed by atoms with van der Waals surface area (Å²) in [5.41, 5.74) is 4.71. The van der Waals surface area contributed by atoms with Gasteiger partial charge in [0, 0.05) is 14.5 Å². The SMILES string of the molecule is Cc1cc(COc2c(C)ccc(Br)c2C)ccc1Br. The molecule has 19 heavy (non-hydrogen) atoms. The van der Waals surface area contributed by atoms with Gasteiger partial charge in [-0.3, -0.25) is 0 Å². The van der Waals surface area contributed by atoms with Gasteiger partial charge in [-0.25, -0.2) is 0 Å². The third kappa shape index (κ3) is 3.40. The third-order valence-corrected chi connectivity index (χ3v) is 4.89. The van der Waals surface area contributed by atoms with Gasteiger partial charge in [0.25, 0.3) is 0 Å². The van der Waals surface area contributed by atoms with Gasteiger partial charge >= 0.3 is 0 Å². The van der Waals surface area contributed by atoms with E-state index in [1.807, 2.05) is 0 Å². The topological polar surface area (TPSA) is 9.23 Å². The number of ether oxygens (including phenoxy) is 1. The molecule has 0 aliphatic rings. The number of halogens is 2. The number of rotatable bonds is 3. The van der Waals surface area contributed by atoms with E-state index in [-0.39, 0.29) is 0 Å². The first-order valence-corrected chi connectivity index (χ1v) is 7.71. The first-order chi connectivity index (χ1) is 8.99. The molecule has 0 spiro atoms. The summed E-state index contributed by atoms with van der Waals surface area (Å²) in [5, 5.41) is 0. The maximum absolute atomic E-state index is 5.98. The Morgan fingerprint density at radius 3 is 2.26 bits per heavy atom. The molecule has 2 rings (SSSR count). The molecule has 0 saturated carbocycles. The molecule has 2 aromatic carbocycles. The van der Waals surface area contributed by atoms with Crippen LogP contribution in [0, 0.1) is 20.8 Å². The summed E-state index contributed by atoms with van der Waals surface area (Å²) in [6.45, 7) is 6.82. The Labute approximate surface area is 131 Å². The summed E-state index contributed by atoms with van der Waals surface area (Å²) >= 11 is 7.05. The van der Waals surface area contributed by atoms with Gasteiger partial charge in [-0.15, -0.1) is 0 Å². The molecule has 100 valence electrons. The standard InChI is InChI=1S/C16H16Br2O/c1-10-4-6-15(18)12(3)16(10)19-9-13-5-7-14(17)11(2)8-13/h4-8H,9H2,1-3H3. The lowest BCUT2D eigenvalue weighted by atomic mass is 10.1. The molecule has 0 N–H and O–H groups in total. The minimum absolute atomic E-state index is 0.590. The van der Waals surface area contributed by atoms with Crippen LogP contribution in [0.2, 0.25) is 0 Å². The van der Waals surface area contributed by atoms with Gasteiger partial charge in [-0.2, -0.15) is 0 Å². The molecule has 0 saturated heterocycles. The molecule has 0 atom stereocenters. The van der Waals surface area contributed by atoms with Crippen molar-refractivity contribution < 1.29 is 4.74 Å². The lowest BCUT2D eigenvalue weighted by Crippen LogP contribution is -1.99. The van der Waals surface area contributed by atoms with E-state index < -0.39 is 0 Å². The molecule has 0 aliphatic carbocycles. The number of aryl methyl sites for hydroxylation is 2. The summed E-state index contributed by atoms with van der Waals surface area (Å²) in [7, 11) is 0. The normalized spacial score (nSPS) is 10.6. The predicted molar refractivity (Wildman–Crippen MR) is 86.8 cm³/mol. The third-order valence-electron chi connectivity index (χ3n) is 3.14. The zero-order valence-corrected chi connectivity index (χ0v) is 14.4. The summed E-state index contributed by atoms with van der Waals surface area (Å²) in [6.07, 6.45) is 0. The Morgan fingerprint density at radius 1 is 0.895 bits per heavy atom. The molecule has 0 bridgehead atoms. The minimum Gasteiger partial charge on any atom is -0.488 e. The van der Waals surface area contributed by atoms with Crippen LogP contribution in [0.1, 0.15) is 22.3 Å². The monoisotopic (exact) mass is 382 g/mol. The van der Waals surface area contributed by atoms with Crippen molar-refractivity contribution in [2.45, 2.75) is 27.4 Å². The molecule has 0 amide bonds. The van der Waals surface area contributed by atoms with Crippen LogP contribution >= 0.6 is 31.9 Å². The zero-order chi connectivity index (χ0) is 14.0. The van der Waals surface area contributed by atoms with Crippen LogP contribution in [0.3, 0.4) is 0 Å². The molecule has 3 heteroatoms. The van der Waals surface area contributed by atoms with Crippen molar-refractivity contribution in [1.29, 1.82) is 0 Å². The van der Waals surface area contributed by atoms with E-state index in [0.717, 1.165) is 25.8 Å². The van der Waals surface area contributed by atoms with Crippen molar-refractivity contribution in [3.8, 4) is 5.75 Å². The van der Waals surface area contributed by atoms with E-state index in [9.17, 15) is 0 Å². The second-order valence-corrected chi connectivity index (χ2v) is 6.40. The molecule has 0 aromatic heterocycles. The second-order valence-electron chi connectivity index (χ2n) is 4.69. The number of benzene rings is 2. The Hall–Kier alpha value is -0.800. The largest absolute Gasteiger partial charge is 0.488 e. The molecule has 1 nitrogen and oxygen atoms in total. The Morgan fingerprint density at radius 2 is 1.58 bits per heavy atom. The Balaban J connectivity index is 2.19. The van der Waals surface area contributed by atoms with Crippen LogP contribution in [-0.4, -0.2) is 0 Å². The van der Waals surface area contributed by atoms with E-state index in [2.05, 4.69) is 83.0 Å². The average Bonchev–Trinajstić information content (AvgIpc) is 2.38. The molecular weight excluding hydrogens is 368 g/mol. The number of hydrogen-bond donors (Lipinski definition) is 0. The van der Waals surface area contributed by atoms with Crippen molar-refractivity contribution >= 4 is 31.9 Å². The average molecular weight is 384 g/mol. The zero-order valence-electron chi connectivity index (χ0n) is 11.3.